The van der Waals surface area contributed by atoms with Crippen LogP contribution in [0.2, 0.25) is 5.02 Å². The Balaban J connectivity index is 1.31. The number of alkyl halides is 1. The Morgan fingerprint density at radius 1 is 1.08 bits per heavy atom. The highest BCUT2D eigenvalue weighted by Gasteiger charge is 2.28. The number of aromatic nitrogens is 1. The van der Waals surface area contributed by atoms with Gasteiger partial charge in [-0.05, 0) is 73.9 Å². The van der Waals surface area contributed by atoms with Crippen LogP contribution in [0.5, 0.6) is 11.6 Å². The molecule has 1 heterocycles. The summed E-state index contributed by atoms with van der Waals surface area (Å²) in [5.41, 5.74) is 4.43. The van der Waals surface area contributed by atoms with E-state index in [1.807, 2.05) is 25.1 Å². The predicted octanol–water partition coefficient (Wildman–Crippen LogP) is 6.57. The Labute approximate surface area is 239 Å². The van der Waals surface area contributed by atoms with Crippen molar-refractivity contribution < 1.29 is 22.1 Å². The number of benzene rings is 2. The van der Waals surface area contributed by atoms with E-state index in [1.165, 1.54) is 0 Å². The number of hydrogen-bond donors (Lipinski definition) is 0. The van der Waals surface area contributed by atoms with Gasteiger partial charge in [-0.2, -0.15) is 13.7 Å². The van der Waals surface area contributed by atoms with Crippen molar-refractivity contribution in [3.05, 3.63) is 81.5 Å². The molecule has 0 aliphatic heterocycles. The minimum absolute atomic E-state index is 0.0644. The summed E-state index contributed by atoms with van der Waals surface area (Å²) < 4.78 is 41.1. The average Bonchev–Trinajstić information content (AvgIpc) is 2.94. The van der Waals surface area contributed by atoms with Gasteiger partial charge in [-0.15, -0.1) is 11.6 Å². The van der Waals surface area contributed by atoms with Crippen molar-refractivity contribution in [1.29, 1.82) is 5.26 Å². The Morgan fingerprint density at radius 3 is 2.54 bits per heavy atom. The topological polar surface area (TPSA) is 98.5 Å². The lowest BCUT2D eigenvalue weighted by molar-refractivity contribution is 0.263. The fourth-order valence-electron chi connectivity index (χ4n) is 4.61. The van der Waals surface area contributed by atoms with E-state index >= 15 is 0 Å². The molecule has 1 aliphatic carbocycles. The van der Waals surface area contributed by atoms with Crippen LogP contribution in [0.4, 0.5) is 0 Å². The molecule has 4 rings (SSSR count). The SMILES string of the molecule is Cc1ccc(S(=O)(=O)OCCCCOc2ccc(C3CCCc4c3cc(C#N)c(OCCCl)c4Cl)cn2)cc1. The number of nitriles is 1. The second-order valence-electron chi connectivity index (χ2n) is 9.30. The van der Waals surface area contributed by atoms with E-state index in [1.54, 1.807) is 30.5 Å². The summed E-state index contributed by atoms with van der Waals surface area (Å²) in [6, 6.07) is 14.5. The molecule has 0 saturated heterocycles. The van der Waals surface area contributed by atoms with E-state index < -0.39 is 10.1 Å². The summed E-state index contributed by atoms with van der Waals surface area (Å²) in [4.78, 5) is 4.62. The van der Waals surface area contributed by atoms with E-state index in [9.17, 15) is 13.7 Å². The van der Waals surface area contributed by atoms with Crippen LogP contribution in [0.1, 0.15) is 59.4 Å². The molecule has 206 valence electrons. The average molecular weight is 590 g/mol. The minimum Gasteiger partial charge on any atom is -0.489 e. The molecule has 7 nitrogen and oxygen atoms in total. The number of pyridine rings is 1. The number of fused-ring (bicyclic) bond motifs is 1. The van der Waals surface area contributed by atoms with E-state index in [4.69, 9.17) is 36.9 Å². The highest BCUT2D eigenvalue weighted by molar-refractivity contribution is 7.86. The number of hydrogen-bond acceptors (Lipinski definition) is 7. The zero-order valence-corrected chi connectivity index (χ0v) is 24.0. The van der Waals surface area contributed by atoms with E-state index in [0.717, 1.165) is 41.5 Å². The van der Waals surface area contributed by atoms with E-state index in [-0.39, 0.29) is 24.0 Å². The zero-order chi connectivity index (χ0) is 27.8. The van der Waals surface area contributed by atoms with E-state index in [0.29, 0.717) is 47.5 Å². The summed E-state index contributed by atoms with van der Waals surface area (Å²) in [6.07, 6.45) is 5.64. The standard InChI is InChI=1S/C29H30Cl2N2O5S/c1-20-7-10-23(11-8-20)39(34,35)38-15-3-2-14-36-27-12-9-21(19-33-27)24-5-4-6-25-26(24)17-22(18-32)29(28(25)31)37-16-13-30/h7-12,17,19,24H,2-6,13-16H2,1H3. The number of halogens is 2. The van der Waals surface area contributed by atoms with Gasteiger partial charge in [-0.3, -0.25) is 4.18 Å². The Morgan fingerprint density at radius 2 is 1.85 bits per heavy atom. The van der Waals surface area contributed by atoms with Crippen molar-refractivity contribution in [2.24, 2.45) is 0 Å². The molecule has 0 spiro atoms. The molecule has 1 unspecified atom stereocenters. The van der Waals surface area contributed by atoms with Gasteiger partial charge in [0.1, 0.15) is 12.7 Å². The zero-order valence-electron chi connectivity index (χ0n) is 21.7. The summed E-state index contributed by atoms with van der Waals surface area (Å²) in [7, 11) is -3.76. The molecule has 39 heavy (non-hydrogen) atoms. The molecule has 0 fully saturated rings. The van der Waals surface area contributed by atoms with Crippen LogP contribution < -0.4 is 9.47 Å². The first-order valence-corrected chi connectivity index (χ1v) is 15.1. The molecule has 2 aromatic carbocycles. The second kappa shape index (κ2) is 13.5. The van der Waals surface area contributed by atoms with Crippen LogP contribution in [0.15, 0.2) is 53.6 Å². The van der Waals surface area contributed by atoms with Crippen molar-refractivity contribution in [3.63, 3.8) is 0 Å². The van der Waals surface area contributed by atoms with Crippen molar-refractivity contribution >= 4 is 33.3 Å². The van der Waals surface area contributed by atoms with Crippen molar-refractivity contribution in [3.8, 4) is 17.7 Å². The summed E-state index contributed by atoms with van der Waals surface area (Å²) in [6.45, 7) is 2.65. The molecule has 3 aromatic rings. The van der Waals surface area contributed by atoms with Crippen LogP contribution >= 0.6 is 23.2 Å². The quantitative estimate of drug-likeness (QED) is 0.134. The smallest absolute Gasteiger partial charge is 0.296 e. The Bertz CT molecular complexity index is 1420. The molecule has 0 amide bonds. The highest BCUT2D eigenvalue weighted by atomic mass is 35.5. The van der Waals surface area contributed by atoms with Crippen molar-refractivity contribution in [1.82, 2.24) is 4.98 Å². The fraction of sp³-hybridized carbons (Fsp3) is 0.379. The first-order chi connectivity index (χ1) is 18.8. The van der Waals surface area contributed by atoms with Crippen LogP contribution in [0.3, 0.4) is 0 Å². The minimum atomic E-state index is -3.76. The fourth-order valence-corrected chi connectivity index (χ4v) is 5.99. The second-order valence-corrected chi connectivity index (χ2v) is 11.7. The van der Waals surface area contributed by atoms with Crippen LogP contribution in [0.25, 0.3) is 0 Å². The molecule has 1 aromatic heterocycles. The lowest BCUT2D eigenvalue weighted by Crippen LogP contribution is -2.14. The van der Waals surface area contributed by atoms with Crippen molar-refractivity contribution in [2.75, 3.05) is 25.7 Å². The van der Waals surface area contributed by atoms with Gasteiger partial charge in [0.05, 0.1) is 34.6 Å². The summed E-state index contributed by atoms with van der Waals surface area (Å²) in [5.74, 6) is 1.27. The third-order valence-corrected chi connectivity index (χ3v) is 8.48. The summed E-state index contributed by atoms with van der Waals surface area (Å²) >= 11 is 12.4. The lowest BCUT2D eigenvalue weighted by atomic mass is 9.78. The molecule has 0 bridgehead atoms. The Kier molecular flexibility index (Phi) is 10.1. The van der Waals surface area contributed by atoms with Crippen LogP contribution in [-0.4, -0.2) is 39.1 Å². The van der Waals surface area contributed by atoms with Gasteiger partial charge in [0.15, 0.2) is 5.75 Å². The third kappa shape index (κ3) is 7.23. The third-order valence-electron chi connectivity index (χ3n) is 6.59. The lowest BCUT2D eigenvalue weighted by Gasteiger charge is -2.28. The molecule has 0 radical (unpaired) electrons. The van der Waals surface area contributed by atoms with E-state index in [2.05, 4.69) is 11.1 Å². The first-order valence-electron chi connectivity index (χ1n) is 12.8. The largest absolute Gasteiger partial charge is 0.489 e. The molecule has 1 aliphatic rings. The number of ether oxygens (including phenoxy) is 2. The molecular weight excluding hydrogens is 559 g/mol. The monoisotopic (exact) mass is 588 g/mol. The molecular formula is C29H30Cl2N2O5S. The maximum atomic E-state index is 12.3. The van der Waals surface area contributed by atoms with Gasteiger partial charge >= 0.3 is 0 Å². The number of nitrogens with zero attached hydrogens (tertiary/aromatic N) is 2. The van der Waals surface area contributed by atoms with Gasteiger partial charge in [-0.25, -0.2) is 4.98 Å². The maximum Gasteiger partial charge on any atom is 0.296 e. The van der Waals surface area contributed by atoms with Gasteiger partial charge in [0, 0.05) is 18.2 Å². The van der Waals surface area contributed by atoms with Gasteiger partial charge in [0.25, 0.3) is 10.1 Å². The molecule has 0 N–H and O–H groups in total. The van der Waals surface area contributed by atoms with Crippen LogP contribution in [0, 0.1) is 18.3 Å². The van der Waals surface area contributed by atoms with Gasteiger partial charge < -0.3 is 9.47 Å². The van der Waals surface area contributed by atoms with Crippen LogP contribution in [-0.2, 0) is 20.7 Å². The molecule has 1 atom stereocenters. The number of rotatable bonds is 12. The summed E-state index contributed by atoms with van der Waals surface area (Å²) in [5, 5.41) is 10.2. The highest BCUT2D eigenvalue weighted by Crippen LogP contribution is 2.44. The molecule has 0 saturated carbocycles. The first kappa shape index (κ1) is 29.2. The number of unbranched alkanes of at least 4 members (excludes halogenated alkanes) is 1. The van der Waals surface area contributed by atoms with Gasteiger partial charge in [0.2, 0.25) is 5.88 Å². The Hall–Kier alpha value is -2.83. The maximum absolute atomic E-state index is 12.3. The number of aryl methyl sites for hydroxylation is 1. The normalized spacial score (nSPS) is 14.9. The predicted molar refractivity (Wildman–Crippen MR) is 150 cm³/mol. The molecule has 10 heteroatoms. The van der Waals surface area contributed by atoms with Crippen molar-refractivity contribution in [2.45, 2.75) is 49.8 Å². The van der Waals surface area contributed by atoms with Gasteiger partial charge in [-0.1, -0.05) is 35.4 Å².